The number of nitrogens with zero attached hydrogens (tertiary/aromatic N) is 3. The molecule has 1 aliphatic heterocycles. The first kappa shape index (κ1) is 15.3. The van der Waals surface area contributed by atoms with Crippen LogP contribution in [0.15, 0.2) is 18.2 Å². The molecule has 0 aliphatic carbocycles. The van der Waals surface area contributed by atoms with E-state index in [2.05, 4.69) is 6.07 Å². The van der Waals surface area contributed by atoms with Crippen LogP contribution in [0.4, 0.5) is 5.69 Å². The molecule has 0 radical (unpaired) electrons. The van der Waals surface area contributed by atoms with E-state index in [1.165, 1.54) is 0 Å². The Morgan fingerprint density at radius 2 is 2.10 bits per heavy atom. The number of carbonyl (C=O) groups is 1. The Labute approximate surface area is 125 Å². The molecule has 1 unspecified atom stereocenters. The zero-order chi connectivity index (χ0) is 15.8. The molecule has 1 atom stereocenters. The highest BCUT2D eigenvalue weighted by Gasteiger charge is 2.39. The average Bonchev–Trinajstić information content (AvgIpc) is 2.70. The summed E-state index contributed by atoms with van der Waals surface area (Å²) in [6.45, 7) is 4.08. The highest BCUT2D eigenvalue weighted by molar-refractivity contribution is 6.00. The van der Waals surface area contributed by atoms with Gasteiger partial charge in [0.2, 0.25) is 0 Å². The Kier molecular flexibility index (Phi) is 3.93. The summed E-state index contributed by atoms with van der Waals surface area (Å²) in [5, 5.41) is 18.9. The second-order valence-corrected chi connectivity index (χ2v) is 6.45. The summed E-state index contributed by atoms with van der Waals surface area (Å²) in [6, 6.07) is 7.19. The Hall–Kier alpha value is -2.06. The highest BCUT2D eigenvalue weighted by Crippen LogP contribution is 2.37. The van der Waals surface area contributed by atoms with Crippen molar-refractivity contribution >= 4 is 11.6 Å². The molecule has 0 saturated heterocycles. The molecule has 112 valence electrons. The molecule has 0 saturated carbocycles. The number of anilines is 1. The van der Waals surface area contributed by atoms with Crippen LogP contribution in [-0.2, 0) is 0 Å². The first-order valence-electron chi connectivity index (χ1n) is 6.93. The Morgan fingerprint density at radius 1 is 1.43 bits per heavy atom. The predicted molar refractivity (Wildman–Crippen MR) is 81.0 cm³/mol. The van der Waals surface area contributed by atoms with E-state index >= 15 is 0 Å². The van der Waals surface area contributed by atoms with Crippen molar-refractivity contribution in [3.63, 3.8) is 0 Å². The Morgan fingerprint density at radius 3 is 2.62 bits per heavy atom. The zero-order valence-electron chi connectivity index (χ0n) is 12.9. The van der Waals surface area contributed by atoms with E-state index in [1.807, 2.05) is 45.0 Å². The van der Waals surface area contributed by atoms with Crippen LogP contribution >= 0.6 is 0 Å². The number of aliphatic hydroxyl groups excluding tert-OH is 1. The number of aliphatic hydroxyl groups is 1. The molecule has 2 rings (SSSR count). The van der Waals surface area contributed by atoms with Crippen LogP contribution in [0.1, 0.15) is 35.8 Å². The summed E-state index contributed by atoms with van der Waals surface area (Å²) in [5.74, 6) is -0.136. The predicted octanol–water partition coefficient (Wildman–Crippen LogP) is 1.79. The minimum atomic E-state index is -0.585. The lowest BCUT2D eigenvalue weighted by atomic mass is 9.93. The minimum Gasteiger partial charge on any atom is -0.396 e. The molecule has 21 heavy (non-hydrogen) atoms. The van der Waals surface area contributed by atoms with Gasteiger partial charge in [-0.05, 0) is 18.2 Å². The molecule has 5 heteroatoms. The fraction of sp³-hybridized carbons (Fsp3) is 0.500. The molecule has 1 aromatic carbocycles. The largest absolute Gasteiger partial charge is 0.396 e. The summed E-state index contributed by atoms with van der Waals surface area (Å²) < 4.78 is 0. The van der Waals surface area contributed by atoms with Crippen LogP contribution in [0.5, 0.6) is 0 Å². The van der Waals surface area contributed by atoms with E-state index in [1.54, 1.807) is 11.0 Å². The number of amides is 1. The maximum Gasteiger partial charge on any atom is 0.255 e. The molecule has 1 amide bonds. The topological polar surface area (TPSA) is 67.6 Å². The summed E-state index contributed by atoms with van der Waals surface area (Å²) in [7, 11) is 3.85. The lowest BCUT2D eigenvalue weighted by Gasteiger charge is -2.30. The maximum atomic E-state index is 12.5. The number of nitriles is 1. The second kappa shape index (κ2) is 5.38. The molecular formula is C16H21N3O2. The number of carbonyl (C=O) groups excluding carboxylic acids is 1. The molecule has 0 fully saturated rings. The smallest absolute Gasteiger partial charge is 0.255 e. The molecule has 1 aromatic rings. The van der Waals surface area contributed by atoms with Crippen LogP contribution < -0.4 is 4.90 Å². The number of fused-ring (bicyclic) bond motifs is 1. The molecule has 1 N–H and O–H groups in total. The van der Waals surface area contributed by atoms with Gasteiger partial charge in [-0.15, -0.1) is 0 Å². The Balaban J connectivity index is 2.41. The number of hydrogen-bond donors (Lipinski definition) is 1. The van der Waals surface area contributed by atoms with E-state index in [0.717, 1.165) is 11.3 Å². The third kappa shape index (κ3) is 2.72. The fourth-order valence-corrected chi connectivity index (χ4v) is 2.50. The first-order valence-corrected chi connectivity index (χ1v) is 6.93. The number of benzene rings is 1. The van der Waals surface area contributed by atoms with E-state index in [4.69, 9.17) is 0 Å². The van der Waals surface area contributed by atoms with Gasteiger partial charge in [-0.2, -0.15) is 5.26 Å². The zero-order valence-corrected chi connectivity index (χ0v) is 12.9. The van der Waals surface area contributed by atoms with Gasteiger partial charge in [-0.1, -0.05) is 13.8 Å². The van der Waals surface area contributed by atoms with Crippen LogP contribution in [0.2, 0.25) is 0 Å². The van der Waals surface area contributed by atoms with Crippen LogP contribution in [0, 0.1) is 16.7 Å². The summed E-state index contributed by atoms with van der Waals surface area (Å²) in [4.78, 5) is 16.0. The van der Waals surface area contributed by atoms with Gasteiger partial charge in [0, 0.05) is 49.5 Å². The van der Waals surface area contributed by atoms with Crippen molar-refractivity contribution < 1.29 is 9.90 Å². The molecule has 0 aromatic heterocycles. The fourth-order valence-electron chi connectivity index (χ4n) is 2.50. The molecule has 1 aliphatic rings. The highest BCUT2D eigenvalue weighted by atomic mass is 16.3. The summed E-state index contributed by atoms with van der Waals surface area (Å²) in [6.07, 6.45) is 0. The molecule has 0 bridgehead atoms. The minimum absolute atomic E-state index is 0.0335. The van der Waals surface area contributed by atoms with Crippen molar-refractivity contribution in [1.82, 2.24) is 4.90 Å². The van der Waals surface area contributed by atoms with Crippen molar-refractivity contribution in [2.45, 2.75) is 19.9 Å². The summed E-state index contributed by atoms with van der Waals surface area (Å²) in [5.41, 5.74) is 1.87. The third-order valence-electron chi connectivity index (χ3n) is 3.80. The van der Waals surface area contributed by atoms with Gasteiger partial charge >= 0.3 is 0 Å². The molecule has 1 heterocycles. The van der Waals surface area contributed by atoms with Gasteiger partial charge in [-0.25, -0.2) is 0 Å². The monoisotopic (exact) mass is 287 g/mol. The van der Waals surface area contributed by atoms with Crippen LogP contribution in [-0.4, -0.2) is 43.2 Å². The van der Waals surface area contributed by atoms with Gasteiger partial charge in [0.25, 0.3) is 5.91 Å². The quantitative estimate of drug-likeness (QED) is 0.916. The van der Waals surface area contributed by atoms with E-state index < -0.39 is 11.5 Å². The van der Waals surface area contributed by atoms with Crippen molar-refractivity contribution in [3.8, 4) is 6.07 Å². The van der Waals surface area contributed by atoms with Gasteiger partial charge in [0.1, 0.15) is 6.04 Å². The second-order valence-electron chi connectivity index (χ2n) is 6.45. The number of rotatable bonds is 4. The van der Waals surface area contributed by atoms with E-state index in [9.17, 15) is 15.2 Å². The normalized spacial score (nSPS) is 17.6. The van der Waals surface area contributed by atoms with Gasteiger partial charge in [-0.3, -0.25) is 4.79 Å². The molecule has 0 spiro atoms. The van der Waals surface area contributed by atoms with E-state index in [0.29, 0.717) is 12.1 Å². The number of hydrogen-bond acceptors (Lipinski definition) is 4. The maximum absolute atomic E-state index is 12.5. The average molecular weight is 287 g/mol. The standard InChI is InChI=1S/C16H21N3O2/c1-16(2,10-20)9-19-14(8-17)13-7-11(18(3)4)5-6-12(13)15(19)21/h5-7,14,20H,9-10H2,1-4H3. The van der Waals surface area contributed by atoms with Crippen molar-refractivity contribution in [3.05, 3.63) is 29.3 Å². The SMILES string of the molecule is CN(C)c1ccc2c(c1)C(C#N)N(CC(C)(C)CO)C2=O. The Bertz CT molecular complexity index is 602. The van der Waals surface area contributed by atoms with Gasteiger partial charge in [0.15, 0.2) is 0 Å². The van der Waals surface area contributed by atoms with Gasteiger partial charge in [0.05, 0.1) is 6.07 Å². The molecule has 5 nitrogen and oxygen atoms in total. The first-order chi connectivity index (χ1) is 9.80. The van der Waals surface area contributed by atoms with Crippen LogP contribution in [0.25, 0.3) is 0 Å². The summed E-state index contributed by atoms with van der Waals surface area (Å²) >= 11 is 0. The molecular weight excluding hydrogens is 266 g/mol. The van der Waals surface area contributed by atoms with Crippen molar-refractivity contribution in [2.24, 2.45) is 5.41 Å². The third-order valence-corrected chi connectivity index (χ3v) is 3.80. The van der Waals surface area contributed by atoms with Gasteiger partial charge < -0.3 is 14.9 Å². The lowest BCUT2D eigenvalue weighted by molar-refractivity contribution is 0.0591. The van der Waals surface area contributed by atoms with E-state index in [-0.39, 0.29) is 12.5 Å². The van der Waals surface area contributed by atoms with Crippen molar-refractivity contribution in [1.29, 1.82) is 5.26 Å². The van der Waals surface area contributed by atoms with Crippen molar-refractivity contribution in [2.75, 3.05) is 32.1 Å². The van der Waals surface area contributed by atoms with Crippen LogP contribution in [0.3, 0.4) is 0 Å². The lowest BCUT2D eigenvalue weighted by Crippen LogP contribution is -2.38.